The maximum Gasteiger partial charge on any atom is 0.273 e. The number of amides is 1. The van der Waals surface area contributed by atoms with Gasteiger partial charge < -0.3 is 5.32 Å². The van der Waals surface area contributed by atoms with Gasteiger partial charge in [0.1, 0.15) is 11.5 Å². The summed E-state index contributed by atoms with van der Waals surface area (Å²) in [4.78, 5) is 18.0. The molecule has 3 heterocycles. The van der Waals surface area contributed by atoms with Crippen LogP contribution in [0.4, 0.5) is 10.1 Å². The van der Waals surface area contributed by atoms with E-state index < -0.39 is 0 Å². The topological polar surface area (TPSA) is 75.1 Å². The Hall–Kier alpha value is -3.78. The Morgan fingerprint density at radius 1 is 1.03 bits per heavy atom. The van der Waals surface area contributed by atoms with Crippen LogP contribution >= 0.6 is 11.3 Å². The summed E-state index contributed by atoms with van der Waals surface area (Å²) < 4.78 is 15.0. The zero-order chi connectivity index (χ0) is 19.8. The van der Waals surface area contributed by atoms with E-state index >= 15 is 0 Å². The molecule has 0 aliphatic heterocycles. The third-order valence-electron chi connectivity index (χ3n) is 4.49. The highest BCUT2D eigenvalue weighted by molar-refractivity contribution is 7.15. The third kappa shape index (κ3) is 3.41. The Kier molecular flexibility index (Phi) is 4.18. The van der Waals surface area contributed by atoms with Gasteiger partial charge in [-0.25, -0.2) is 9.37 Å². The molecular weight excluding hydrogens is 389 g/mol. The number of rotatable bonds is 4. The van der Waals surface area contributed by atoms with Crippen LogP contribution < -0.4 is 5.32 Å². The molecule has 8 heteroatoms. The SMILES string of the molecule is O=C(Nc1ccc(-c2cn3ccsc3n2)cc1)c1cc(-c2ccc(F)cc2)n[nH]1. The number of nitrogens with zero attached hydrogens (tertiary/aromatic N) is 3. The molecule has 0 unspecified atom stereocenters. The van der Waals surface area contributed by atoms with Crippen LogP contribution in [0.3, 0.4) is 0 Å². The number of imidazole rings is 1. The van der Waals surface area contributed by atoms with Crippen molar-refractivity contribution in [1.29, 1.82) is 0 Å². The van der Waals surface area contributed by atoms with Crippen molar-refractivity contribution < 1.29 is 9.18 Å². The second-order valence-corrected chi connectivity index (χ2v) is 7.30. The first-order valence-electron chi connectivity index (χ1n) is 8.81. The van der Waals surface area contributed by atoms with E-state index in [-0.39, 0.29) is 11.7 Å². The molecule has 5 aromatic rings. The van der Waals surface area contributed by atoms with Crippen LogP contribution in [0.2, 0.25) is 0 Å². The number of halogens is 1. The lowest BCUT2D eigenvalue weighted by molar-refractivity contribution is 0.102. The smallest absolute Gasteiger partial charge is 0.273 e. The lowest BCUT2D eigenvalue weighted by Gasteiger charge is -2.04. The Morgan fingerprint density at radius 2 is 1.76 bits per heavy atom. The van der Waals surface area contributed by atoms with Crippen LogP contribution in [0.25, 0.3) is 27.5 Å². The number of benzene rings is 2. The monoisotopic (exact) mass is 403 g/mol. The van der Waals surface area contributed by atoms with Crippen LogP contribution in [0, 0.1) is 5.82 Å². The van der Waals surface area contributed by atoms with Gasteiger partial charge in [0, 0.05) is 34.6 Å². The molecule has 0 saturated heterocycles. The van der Waals surface area contributed by atoms with Crippen molar-refractivity contribution >= 4 is 27.9 Å². The summed E-state index contributed by atoms with van der Waals surface area (Å²) in [6, 6.07) is 15.1. The lowest BCUT2D eigenvalue weighted by atomic mass is 10.1. The summed E-state index contributed by atoms with van der Waals surface area (Å²) in [6.07, 6.45) is 3.94. The molecule has 29 heavy (non-hydrogen) atoms. The van der Waals surface area contributed by atoms with Gasteiger partial charge >= 0.3 is 0 Å². The number of aromatic nitrogens is 4. The molecule has 6 nitrogen and oxygen atoms in total. The maximum atomic E-state index is 13.1. The van der Waals surface area contributed by atoms with Gasteiger partial charge in [-0.05, 0) is 42.5 Å². The molecule has 0 atom stereocenters. The molecule has 0 aliphatic rings. The molecular formula is C21H14FN5OS. The first-order valence-corrected chi connectivity index (χ1v) is 9.69. The number of hydrogen-bond acceptors (Lipinski definition) is 4. The molecule has 0 aliphatic carbocycles. The van der Waals surface area contributed by atoms with Crippen LogP contribution in [0.5, 0.6) is 0 Å². The van der Waals surface area contributed by atoms with Gasteiger partial charge in [0.05, 0.1) is 11.4 Å². The molecule has 0 spiro atoms. The standard InChI is InChI=1S/C21H14FN5OS/c22-15-5-1-13(2-6-15)17-11-18(26-25-17)20(28)23-16-7-3-14(4-8-16)19-12-27-9-10-29-21(27)24-19/h1-12H,(H,23,28)(H,25,26). The van der Waals surface area contributed by atoms with Crippen molar-refractivity contribution in [3.8, 4) is 22.5 Å². The van der Waals surface area contributed by atoms with Crippen molar-refractivity contribution in [2.45, 2.75) is 0 Å². The van der Waals surface area contributed by atoms with Gasteiger partial charge in [0.2, 0.25) is 0 Å². The number of fused-ring (bicyclic) bond motifs is 1. The largest absolute Gasteiger partial charge is 0.321 e. The number of carbonyl (C=O) groups excluding carboxylic acids is 1. The second-order valence-electron chi connectivity index (χ2n) is 6.42. The predicted molar refractivity (Wildman–Crippen MR) is 110 cm³/mol. The van der Waals surface area contributed by atoms with E-state index in [4.69, 9.17) is 0 Å². The molecule has 142 valence electrons. The summed E-state index contributed by atoms with van der Waals surface area (Å²) in [5, 5.41) is 11.7. The molecule has 5 rings (SSSR count). The highest BCUT2D eigenvalue weighted by atomic mass is 32.1. The summed E-state index contributed by atoms with van der Waals surface area (Å²) in [6.45, 7) is 0. The van der Waals surface area contributed by atoms with Crippen molar-refractivity contribution in [3.05, 3.63) is 83.9 Å². The Bertz CT molecular complexity index is 1270. The summed E-state index contributed by atoms with van der Waals surface area (Å²) in [5.74, 6) is -0.623. The number of carbonyl (C=O) groups is 1. The fraction of sp³-hybridized carbons (Fsp3) is 0. The number of hydrogen-bond donors (Lipinski definition) is 2. The van der Waals surface area contributed by atoms with Crippen LogP contribution in [-0.4, -0.2) is 25.5 Å². The van der Waals surface area contributed by atoms with Gasteiger partial charge in [-0.2, -0.15) is 5.10 Å². The summed E-state index contributed by atoms with van der Waals surface area (Å²) >= 11 is 1.58. The highest BCUT2D eigenvalue weighted by Crippen LogP contribution is 2.23. The van der Waals surface area contributed by atoms with E-state index in [0.29, 0.717) is 17.1 Å². The fourth-order valence-electron chi connectivity index (χ4n) is 3.00. The molecule has 2 aromatic carbocycles. The van der Waals surface area contributed by atoms with Crippen molar-refractivity contribution in [3.63, 3.8) is 0 Å². The fourth-order valence-corrected chi connectivity index (χ4v) is 3.70. The van der Waals surface area contributed by atoms with Gasteiger partial charge in [-0.3, -0.25) is 14.3 Å². The third-order valence-corrected chi connectivity index (χ3v) is 5.26. The zero-order valence-corrected chi connectivity index (χ0v) is 15.8. The van der Waals surface area contributed by atoms with Gasteiger partial charge in [-0.1, -0.05) is 12.1 Å². The van der Waals surface area contributed by atoms with Crippen LogP contribution in [0.15, 0.2) is 72.4 Å². The summed E-state index contributed by atoms with van der Waals surface area (Å²) in [7, 11) is 0. The minimum absolute atomic E-state index is 0.305. The Labute approximate surface area is 168 Å². The van der Waals surface area contributed by atoms with Crippen molar-refractivity contribution in [1.82, 2.24) is 19.6 Å². The average Bonchev–Trinajstić information content (AvgIpc) is 3.45. The normalized spacial score (nSPS) is 11.1. The number of nitrogens with one attached hydrogen (secondary N) is 2. The molecule has 0 saturated carbocycles. The van der Waals surface area contributed by atoms with E-state index in [0.717, 1.165) is 21.8 Å². The molecule has 0 fully saturated rings. The molecule has 0 bridgehead atoms. The van der Waals surface area contributed by atoms with E-state index in [9.17, 15) is 9.18 Å². The van der Waals surface area contributed by atoms with Crippen molar-refractivity contribution in [2.24, 2.45) is 0 Å². The molecule has 0 radical (unpaired) electrons. The number of anilines is 1. The van der Waals surface area contributed by atoms with Gasteiger partial charge in [0.15, 0.2) is 4.96 Å². The van der Waals surface area contributed by atoms with Gasteiger partial charge in [0.25, 0.3) is 5.91 Å². The number of H-pyrrole nitrogens is 1. The Morgan fingerprint density at radius 3 is 2.52 bits per heavy atom. The number of aromatic amines is 1. The van der Waals surface area contributed by atoms with Crippen LogP contribution in [0.1, 0.15) is 10.5 Å². The molecule has 1 amide bonds. The quantitative estimate of drug-likeness (QED) is 0.451. The lowest BCUT2D eigenvalue weighted by Crippen LogP contribution is -2.12. The average molecular weight is 403 g/mol. The molecule has 2 N–H and O–H groups in total. The van der Waals surface area contributed by atoms with E-state index in [1.54, 1.807) is 29.5 Å². The van der Waals surface area contributed by atoms with E-state index in [2.05, 4.69) is 20.5 Å². The first kappa shape index (κ1) is 17.3. The predicted octanol–water partition coefficient (Wildman–Crippen LogP) is 4.84. The summed E-state index contributed by atoms with van der Waals surface area (Å²) in [5.41, 5.74) is 4.14. The first-order chi connectivity index (χ1) is 14.2. The van der Waals surface area contributed by atoms with E-state index in [1.807, 2.05) is 46.4 Å². The minimum Gasteiger partial charge on any atom is -0.321 e. The van der Waals surface area contributed by atoms with Crippen molar-refractivity contribution in [2.75, 3.05) is 5.32 Å². The maximum absolute atomic E-state index is 13.1. The second kappa shape index (κ2) is 6.99. The van der Waals surface area contributed by atoms with Gasteiger partial charge in [-0.15, -0.1) is 11.3 Å². The zero-order valence-electron chi connectivity index (χ0n) is 15.0. The van der Waals surface area contributed by atoms with Crippen LogP contribution in [-0.2, 0) is 0 Å². The molecule has 3 aromatic heterocycles. The Balaban J connectivity index is 1.30. The minimum atomic E-state index is -0.318. The number of thiazole rings is 1. The highest BCUT2D eigenvalue weighted by Gasteiger charge is 2.12. The van der Waals surface area contributed by atoms with E-state index in [1.165, 1.54) is 12.1 Å².